The molecule has 0 saturated carbocycles. The van der Waals surface area contributed by atoms with Crippen LogP contribution in [0.15, 0.2) is 42.5 Å². The van der Waals surface area contributed by atoms with Crippen LogP contribution in [0.5, 0.6) is 0 Å². The second kappa shape index (κ2) is 12.9. The van der Waals surface area contributed by atoms with Gasteiger partial charge in [-0.1, -0.05) is 32.0 Å². The molecule has 4 rings (SSSR count). The zero-order valence-corrected chi connectivity index (χ0v) is 26.5. The lowest BCUT2D eigenvalue weighted by Crippen LogP contribution is -2.50. The van der Waals surface area contributed by atoms with E-state index in [1.54, 1.807) is 29.2 Å². The number of nitrogens with zero attached hydrogens (tertiary/aromatic N) is 1. The van der Waals surface area contributed by atoms with Gasteiger partial charge < -0.3 is 19.5 Å². The molecule has 2 aliphatic heterocycles. The maximum absolute atomic E-state index is 15.3. The molecule has 0 radical (unpaired) electrons. The highest BCUT2D eigenvalue weighted by Gasteiger charge is 2.46. The summed E-state index contributed by atoms with van der Waals surface area (Å²) in [6.07, 6.45) is 1.78. The fourth-order valence-corrected chi connectivity index (χ4v) is 6.44. The number of hydrogen-bond acceptors (Lipinski definition) is 5. The second-order valence-electron chi connectivity index (χ2n) is 13.7. The lowest BCUT2D eigenvalue weighted by Gasteiger charge is -2.40. The lowest BCUT2D eigenvalue weighted by atomic mass is 9.65. The van der Waals surface area contributed by atoms with Crippen molar-refractivity contribution in [3.8, 4) is 0 Å². The van der Waals surface area contributed by atoms with Gasteiger partial charge in [-0.2, -0.15) is 0 Å². The Morgan fingerprint density at radius 2 is 1.70 bits per heavy atom. The third kappa shape index (κ3) is 7.73. The maximum atomic E-state index is 15.3. The summed E-state index contributed by atoms with van der Waals surface area (Å²) in [5.74, 6) is -1.05. The Morgan fingerprint density at radius 3 is 2.33 bits per heavy atom. The van der Waals surface area contributed by atoms with Crippen molar-refractivity contribution in [1.29, 1.82) is 0 Å². The third-order valence-corrected chi connectivity index (χ3v) is 8.59. The van der Waals surface area contributed by atoms with Gasteiger partial charge in [-0.25, -0.2) is 13.6 Å². The van der Waals surface area contributed by atoms with E-state index in [0.29, 0.717) is 37.5 Å². The summed E-state index contributed by atoms with van der Waals surface area (Å²) in [4.78, 5) is 28.7. The molecule has 0 bridgehead atoms. The number of hydrogen-bond donors (Lipinski definition) is 1. The number of carbonyl (C=O) groups is 2. The molecule has 2 aliphatic rings. The lowest BCUT2D eigenvalue weighted by molar-refractivity contribution is -0.126. The van der Waals surface area contributed by atoms with E-state index in [0.717, 1.165) is 18.4 Å². The van der Waals surface area contributed by atoms with Crippen molar-refractivity contribution >= 4 is 17.7 Å². The van der Waals surface area contributed by atoms with E-state index in [2.05, 4.69) is 5.32 Å². The van der Waals surface area contributed by atoms with Crippen molar-refractivity contribution in [2.45, 2.75) is 97.4 Å². The fourth-order valence-electron chi connectivity index (χ4n) is 6.44. The van der Waals surface area contributed by atoms with Gasteiger partial charge in [0.05, 0.1) is 18.1 Å². The van der Waals surface area contributed by atoms with Gasteiger partial charge in [0.2, 0.25) is 5.91 Å². The molecule has 0 unspecified atom stereocenters. The monoisotopic (exact) mass is 600 g/mol. The fraction of sp³-hybridized carbons (Fsp3) is 0.588. The van der Waals surface area contributed by atoms with Gasteiger partial charge in [0, 0.05) is 30.4 Å². The molecule has 2 amide bonds. The van der Waals surface area contributed by atoms with E-state index >= 15 is 4.39 Å². The van der Waals surface area contributed by atoms with E-state index in [-0.39, 0.29) is 36.0 Å². The van der Waals surface area contributed by atoms with Crippen molar-refractivity contribution < 1.29 is 32.6 Å². The van der Waals surface area contributed by atoms with E-state index in [1.165, 1.54) is 18.2 Å². The normalized spacial score (nSPS) is 20.1. The average Bonchev–Trinajstić information content (AvgIpc) is 3.23. The molecular formula is C34H46F2N2O5. The Kier molecular flexibility index (Phi) is 9.86. The predicted octanol–water partition coefficient (Wildman–Crippen LogP) is 7.44. The smallest absolute Gasteiger partial charge is 0.412 e. The van der Waals surface area contributed by atoms with Crippen molar-refractivity contribution in [2.75, 3.05) is 25.1 Å². The minimum atomic E-state index is -0.903. The van der Waals surface area contributed by atoms with E-state index < -0.39 is 28.7 Å². The Morgan fingerprint density at radius 1 is 1.05 bits per heavy atom. The first-order valence-electron chi connectivity index (χ1n) is 15.2. The van der Waals surface area contributed by atoms with Crippen LogP contribution in [0.25, 0.3) is 0 Å². The van der Waals surface area contributed by atoms with Crippen LogP contribution in [-0.4, -0.2) is 54.1 Å². The highest BCUT2D eigenvalue weighted by molar-refractivity contribution is 5.96. The number of rotatable bonds is 8. The Balaban J connectivity index is 1.55. The van der Waals surface area contributed by atoms with Crippen molar-refractivity contribution in [3.05, 3.63) is 65.2 Å². The molecule has 0 aromatic heterocycles. The van der Waals surface area contributed by atoms with Gasteiger partial charge in [-0.15, -0.1) is 0 Å². The maximum Gasteiger partial charge on any atom is 0.412 e. The highest BCUT2D eigenvalue weighted by Crippen LogP contribution is 2.46. The van der Waals surface area contributed by atoms with Gasteiger partial charge in [0.25, 0.3) is 0 Å². The molecule has 2 aromatic rings. The van der Waals surface area contributed by atoms with Gasteiger partial charge in [-0.05, 0) is 96.0 Å². The predicted molar refractivity (Wildman–Crippen MR) is 162 cm³/mol. The molecule has 1 N–H and O–H groups in total. The standard InChI is InChI=1S/C34H46F2N2O5/c1-32(2,3)43-31(40)38-25(21-42-34(38,6)7)15-16-26-27(36)9-8-10-28(26)37-30(39)33(4,5)29(23-17-19-41-20-18-23)22-11-13-24(35)14-12-22/h8-14,23,25,29H,15-21H2,1-7H3,(H,37,39)/t25-,29-/m0/s1. The Hall–Kier alpha value is -3.04. The minimum absolute atomic E-state index is 0.163. The molecule has 0 spiro atoms. The SMILES string of the molecule is CC(C)(C)OC(=O)N1[C@@H](CCc2c(F)cccc2NC(=O)C(C)(C)[C@@H](c2ccc(F)cc2)C2CCOCC2)COC1(C)C. The summed E-state index contributed by atoms with van der Waals surface area (Å²) in [5, 5.41) is 3.03. The first-order valence-corrected chi connectivity index (χ1v) is 15.2. The summed E-state index contributed by atoms with van der Waals surface area (Å²) < 4.78 is 46.3. The molecule has 2 aromatic carbocycles. The third-order valence-electron chi connectivity index (χ3n) is 8.59. The van der Waals surface area contributed by atoms with E-state index in [9.17, 15) is 14.0 Å². The number of carbonyl (C=O) groups excluding carboxylic acids is 2. The van der Waals surface area contributed by atoms with Crippen molar-refractivity contribution in [3.63, 3.8) is 0 Å². The van der Waals surface area contributed by atoms with Gasteiger partial charge >= 0.3 is 6.09 Å². The first-order chi connectivity index (χ1) is 20.1. The van der Waals surface area contributed by atoms with E-state index in [1.807, 2.05) is 48.5 Å². The van der Waals surface area contributed by atoms with Crippen LogP contribution in [0.3, 0.4) is 0 Å². The molecule has 2 heterocycles. The highest BCUT2D eigenvalue weighted by atomic mass is 19.1. The minimum Gasteiger partial charge on any atom is -0.444 e. The topological polar surface area (TPSA) is 77.1 Å². The van der Waals surface area contributed by atoms with Gasteiger partial charge in [0.15, 0.2) is 0 Å². The molecule has 9 heteroatoms. The van der Waals surface area contributed by atoms with Crippen LogP contribution < -0.4 is 5.32 Å². The van der Waals surface area contributed by atoms with Gasteiger partial charge in [0.1, 0.15) is 23.0 Å². The van der Waals surface area contributed by atoms with Crippen LogP contribution in [-0.2, 0) is 25.4 Å². The number of anilines is 1. The van der Waals surface area contributed by atoms with Crippen LogP contribution in [0, 0.1) is 23.0 Å². The molecule has 2 saturated heterocycles. The number of ether oxygens (including phenoxy) is 3. The summed E-state index contributed by atoms with van der Waals surface area (Å²) >= 11 is 0. The Bertz CT molecular complexity index is 1280. The van der Waals surface area contributed by atoms with Crippen LogP contribution in [0.1, 0.15) is 84.8 Å². The largest absolute Gasteiger partial charge is 0.444 e. The summed E-state index contributed by atoms with van der Waals surface area (Å²) in [7, 11) is 0. The number of nitrogens with one attached hydrogen (secondary N) is 1. The number of benzene rings is 2. The summed E-state index contributed by atoms with van der Waals surface area (Å²) in [6, 6.07) is 10.7. The second-order valence-corrected chi connectivity index (χ2v) is 13.7. The van der Waals surface area contributed by atoms with Crippen LogP contribution in [0.4, 0.5) is 19.3 Å². The first kappa shape index (κ1) is 32.9. The summed E-state index contributed by atoms with van der Waals surface area (Å²) in [6.45, 7) is 14.3. The molecule has 236 valence electrons. The van der Waals surface area contributed by atoms with Crippen molar-refractivity contribution in [1.82, 2.24) is 4.90 Å². The van der Waals surface area contributed by atoms with E-state index in [4.69, 9.17) is 14.2 Å². The van der Waals surface area contributed by atoms with Crippen molar-refractivity contribution in [2.24, 2.45) is 11.3 Å². The summed E-state index contributed by atoms with van der Waals surface area (Å²) in [5.41, 5.74) is -0.802. The molecule has 2 atom stereocenters. The zero-order chi connectivity index (χ0) is 31.6. The molecule has 43 heavy (non-hydrogen) atoms. The van der Waals surface area contributed by atoms with Crippen LogP contribution in [0.2, 0.25) is 0 Å². The molecular weight excluding hydrogens is 554 g/mol. The van der Waals surface area contributed by atoms with Gasteiger partial charge in [-0.3, -0.25) is 9.69 Å². The number of amides is 2. The quantitative estimate of drug-likeness (QED) is 0.341. The molecule has 0 aliphatic carbocycles. The average molecular weight is 601 g/mol. The number of halogens is 2. The molecule has 7 nitrogen and oxygen atoms in total. The Labute approximate surface area is 254 Å². The molecule has 2 fully saturated rings. The zero-order valence-electron chi connectivity index (χ0n) is 26.5. The van der Waals surface area contributed by atoms with Crippen LogP contribution >= 0.6 is 0 Å².